The van der Waals surface area contributed by atoms with Crippen molar-refractivity contribution in [1.29, 1.82) is 0 Å². The van der Waals surface area contributed by atoms with Crippen LogP contribution in [0.5, 0.6) is 5.75 Å². The first-order valence-electron chi connectivity index (χ1n) is 6.96. The van der Waals surface area contributed by atoms with Gasteiger partial charge in [0, 0.05) is 17.7 Å². The lowest BCUT2D eigenvalue weighted by molar-refractivity contribution is 0.404. The number of ether oxygens (including phenoxy) is 1. The molecule has 2 aromatic rings. The number of nitrogens with one attached hydrogen (secondary N) is 1. The first kappa shape index (κ1) is 15.4. The van der Waals surface area contributed by atoms with Crippen molar-refractivity contribution in [3.63, 3.8) is 0 Å². The van der Waals surface area contributed by atoms with E-state index in [1.807, 2.05) is 31.2 Å². The second kappa shape index (κ2) is 7.18. The molecule has 0 spiro atoms. The zero-order valence-corrected chi connectivity index (χ0v) is 12.2. The Morgan fingerprint density at radius 1 is 1.14 bits per heavy atom. The summed E-state index contributed by atoms with van der Waals surface area (Å²) in [5, 5.41) is 3.24. The zero-order chi connectivity index (χ0) is 15.2. The molecule has 112 valence electrons. The number of para-hydroxylation sites is 1. The van der Waals surface area contributed by atoms with E-state index in [2.05, 4.69) is 5.32 Å². The van der Waals surface area contributed by atoms with Crippen LogP contribution in [-0.4, -0.2) is 13.7 Å². The molecule has 1 N–H and O–H groups in total. The van der Waals surface area contributed by atoms with Gasteiger partial charge in [-0.3, -0.25) is 0 Å². The quantitative estimate of drug-likeness (QED) is 0.872. The summed E-state index contributed by atoms with van der Waals surface area (Å²) in [6, 6.07) is 11.1. The van der Waals surface area contributed by atoms with Crippen LogP contribution in [0.4, 0.5) is 8.78 Å². The second-order valence-corrected chi connectivity index (χ2v) is 4.79. The van der Waals surface area contributed by atoms with Crippen LogP contribution in [0.3, 0.4) is 0 Å². The van der Waals surface area contributed by atoms with Crippen LogP contribution in [-0.2, 0) is 6.42 Å². The SMILES string of the molecule is CCNC(Cc1ccccc1OC)c1ccc(F)cc1F. The smallest absolute Gasteiger partial charge is 0.130 e. The second-order valence-electron chi connectivity index (χ2n) is 4.79. The standard InChI is InChI=1S/C17H19F2NO/c1-3-20-16(14-9-8-13(18)11-15(14)19)10-12-6-4-5-7-17(12)21-2/h4-9,11,16,20H,3,10H2,1-2H3. The summed E-state index contributed by atoms with van der Waals surface area (Å²) in [6.45, 7) is 2.65. The number of halogens is 2. The van der Waals surface area contributed by atoms with Crippen molar-refractivity contribution in [2.45, 2.75) is 19.4 Å². The maximum atomic E-state index is 14.0. The molecule has 0 fully saturated rings. The lowest BCUT2D eigenvalue weighted by Gasteiger charge is -2.20. The highest BCUT2D eigenvalue weighted by molar-refractivity contribution is 5.35. The van der Waals surface area contributed by atoms with Gasteiger partial charge in [-0.05, 0) is 30.7 Å². The number of likely N-dealkylation sites (N-methyl/N-ethyl adjacent to an activating group) is 1. The van der Waals surface area contributed by atoms with Gasteiger partial charge in [-0.15, -0.1) is 0 Å². The average Bonchev–Trinajstić information content (AvgIpc) is 2.47. The van der Waals surface area contributed by atoms with E-state index in [1.54, 1.807) is 7.11 Å². The molecule has 0 aliphatic rings. The average molecular weight is 291 g/mol. The van der Waals surface area contributed by atoms with Gasteiger partial charge in [0.15, 0.2) is 0 Å². The van der Waals surface area contributed by atoms with Crippen LogP contribution in [0, 0.1) is 11.6 Å². The van der Waals surface area contributed by atoms with Crippen molar-refractivity contribution in [3.05, 3.63) is 65.2 Å². The highest BCUT2D eigenvalue weighted by atomic mass is 19.1. The molecule has 1 atom stereocenters. The van der Waals surface area contributed by atoms with E-state index < -0.39 is 11.6 Å². The fourth-order valence-corrected chi connectivity index (χ4v) is 2.41. The Kier molecular flexibility index (Phi) is 5.28. The molecular formula is C17H19F2NO. The number of hydrogen-bond acceptors (Lipinski definition) is 2. The number of rotatable bonds is 6. The Bertz CT molecular complexity index is 601. The third kappa shape index (κ3) is 3.79. The molecule has 0 bridgehead atoms. The number of hydrogen-bond donors (Lipinski definition) is 1. The fraction of sp³-hybridized carbons (Fsp3) is 0.294. The molecule has 2 nitrogen and oxygen atoms in total. The van der Waals surface area contributed by atoms with Crippen molar-refractivity contribution in [2.75, 3.05) is 13.7 Å². The predicted octanol–water partition coefficient (Wildman–Crippen LogP) is 3.87. The highest BCUT2D eigenvalue weighted by Crippen LogP contribution is 2.26. The van der Waals surface area contributed by atoms with E-state index in [0.29, 0.717) is 18.5 Å². The van der Waals surface area contributed by atoms with Gasteiger partial charge in [-0.2, -0.15) is 0 Å². The van der Waals surface area contributed by atoms with Crippen LogP contribution in [0.15, 0.2) is 42.5 Å². The first-order valence-corrected chi connectivity index (χ1v) is 6.96. The summed E-state index contributed by atoms with van der Waals surface area (Å²) in [7, 11) is 1.61. The minimum atomic E-state index is -0.566. The molecule has 2 rings (SSSR count). The molecular weight excluding hydrogens is 272 g/mol. The molecule has 0 saturated heterocycles. The normalized spacial score (nSPS) is 12.2. The molecule has 0 aromatic heterocycles. The largest absolute Gasteiger partial charge is 0.496 e. The fourth-order valence-electron chi connectivity index (χ4n) is 2.41. The summed E-state index contributed by atoms with van der Waals surface area (Å²) in [6.07, 6.45) is 0.570. The number of benzene rings is 2. The van der Waals surface area contributed by atoms with Crippen LogP contribution < -0.4 is 10.1 Å². The summed E-state index contributed by atoms with van der Waals surface area (Å²) in [4.78, 5) is 0. The molecule has 0 saturated carbocycles. The van der Waals surface area contributed by atoms with Gasteiger partial charge < -0.3 is 10.1 Å². The Hall–Kier alpha value is -1.94. The minimum Gasteiger partial charge on any atom is -0.496 e. The Morgan fingerprint density at radius 3 is 2.57 bits per heavy atom. The minimum absolute atomic E-state index is 0.230. The molecule has 1 unspecified atom stereocenters. The van der Waals surface area contributed by atoms with Crippen molar-refractivity contribution in [2.24, 2.45) is 0 Å². The summed E-state index contributed by atoms with van der Waals surface area (Å²) in [5.41, 5.74) is 1.44. The van der Waals surface area contributed by atoms with Crippen molar-refractivity contribution in [1.82, 2.24) is 5.32 Å². The van der Waals surface area contributed by atoms with Crippen LogP contribution in [0.25, 0.3) is 0 Å². The number of methoxy groups -OCH3 is 1. The van der Waals surface area contributed by atoms with Crippen molar-refractivity contribution < 1.29 is 13.5 Å². The zero-order valence-electron chi connectivity index (χ0n) is 12.2. The lowest BCUT2D eigenvalue weighted by Crippen LogP contribution is -2.24. The van der Waals surface area contributed by atoms with Crippen molar-refractivity contribution >= 4 is 0 Å². The molecule has 0 aliphatic carbocycles. The van der Waals surface area contributed by atoms with Gasteiger partial charge in [0.05, 0.1) is 7.11 Å². The van der Waals surface area contributed by atoms with Gasteiger partial charge in [-0.25, -0.2) is 8.78 Å². The van der Waals surface area contributed by atoms with Crippen molar-refractivity contribution in [3.8, 4) is 5.75 Å². The molecule has 0 aliphatic heterocycles. The lowest BCUT2D eigenvalue weighted by atomic mass is 9.97. The molecule has 21 heavy (non-hydrogen) atoms. The van der Waals surface area contributed by atoms with Gasteiger partial charge in [0.1, 0.15) is 17.4 Å². The maximum absolute atomic E-state index is 14.0. The van der Waals surface area contributed by atoms with Gasteiger partial charge in [0.25, 0.3) is 0 Å². The Morgan fingerprint density at radius 2 is 1.90 bits per heavy atom. The van der Waals surface area contributed by atoms with E-state index >= 15 is 0 Å². The van der Waals surface area contributed by atoms with Crippen LogP contribution >= 0.6 is 0 Å². The van der Waals surface area contributed by atoms with Gasteiger partial charge in [-0.1, -0.05) is 31.2 Å². The highest BCUT2D eigenvalue weighted by Gasteiger charge is 2.17. The van der Waals surface area contributed by atoms with Gasteiger partial charge in [0.2, 0.25) is 0 Å². The first-order chi connectivity index (χ1) is 10.2. The van der Waals surface area contributed by atoms with E-state index in [9.17, 15) is 8.78 Å². The monoisotopic (exact) mass is 291 g/mol. The summed E-state index contributed by atoms with van der Waals surface area (Å²) in [5.74, 6) is -0.331. The van der Waals surface area contributed by atoms with Gasteiger partial charge >= 0.3 is 0 Å². The Balaban J connectivity index is 2.30. The predicted molar refractivity (Wildman–Crippen MR) is 79.5 cm³/mol. The molecule has 0 radical (unpaired) electrons. The molecule has 4 heteroatoms. The maximum Gasteiger partial charge on any atom is 0.130 e. The summed E-state index contributed by atoms with van der Waals surface area (Å²) >= 11 is 0. The Labute approximate surface area is 123 Å². The molecule has 0 heterocycles. The third-order valence-corrected chi connectivity index (χ3v) is 3.40. The summed E-state index contributed by atoms with van der Waals surface area (Å²) < 4.78 is 32.4. The van der Waals surface area contributed by atoms with E-state index in [0.717, 1.165) is 17.4 Å². The van der Waals surface area contributed by atoms with Crippen LogP contribution in [0.2, 0.25) is 0 Å². The van der Waals surface area contributed by atoms with E-state index in [4.69, 9.17) is 4.74 Å². The van der Waals surface area contributed by atoms with E-state index in [-0.39, 0.29) is 6.04 Å². The van der Waals surface area contributed by atoms with Crippen LogP contribution in [0.1, 0.15) is 24.1 Å². The third-order valence-electron chi connectivity index (χ3n) is 3.40. The molecule has 0 amide bonds. The topological polar surface area (TPSA) is 21.3 Å². The molecule has 2 aromatic carbocycles. The van der Waals surface area contributed by atoms with E-state index in [1.165, 1.54) is 12.1 Å².